The molecule has 1 aromatic heterocycles. The normalized spacial score (nSPS) is 12.0. The van der Waals surface area contributed by atoms with Crippen LogP contribution < -0.4 is 20.7 Å². The number of nitrogens with zero attached hydrogens (tertiary/aromatic N) is 2. The SMILES string of the molecule is O=c1cc(Cl)n(-c2ccc(OC(F)(F)F)cc2)c(=O)n1-c1ccc(OC(F)(F)F)cc1. The molecular weight excluding hydrogens is 458 g/mol. The van der Waals surface area contributed by atoms with Crippen LogP contribution in [-0.2, 0) is 0 Å². The van der Waals surface area contributed by atoms with Crippen molar-refractivity contribution in [2.45, 2.75) is 12.7 Å². The largest absolute Gasteiger partial charge is 0.573 e. The third-order valence-corrected chi connectivity index (χ3v) is 3.99. The van der Waals surface area contributed by atoms with Crippen molar-refractivity contribution < 1.29 is 35.8 Å². The first-order chi connectivity index (χ1) is 14.3. The fraction of sp³-hybridized carbons (Fsp3) is 0.111. The van der Waals surface area contributed by atoms with E-state index in [-0.39, 0.29) is 16.5 Å². The summed E-state index contributed by atoms with van der Waals surface area (Å²) in [5.74, 6) is -1.12. The molecule has 0 aliphatic heterocycles. The quantitative estimate of drug-likeness (QED) is 0.421. The Morgan fingerprint density at radius 3 is 1.45 bits per heavy atom. The van der Waals surface area contributed by atoms with Gasteiger partial charge in [0, 0.05) is 6.07 Å². The molecule has 6 nitrogen and oxygen atoms in total. The molecule has 0 atom stereocenters. The van der Waals surface area contributed by atoms with Crippen molar-refractivity contribution in [3.8, 4) is 22.9 Å². The van der Waals surface area contributed by atoms with Crippen LogP contribution in [0.3, 0.4) is 0 Å². The molecule has 0 aliphatic carbocycles. The van der Waals surface area contributed by atoms with Crippen molar-refractivity contribution in [3.63, 3.8) is 0 Å². The second-order valence-electron chi connectivity index (χ2n) is 5.84. The Morgan fingerprint density at radius 2 is 1.06 bits per heavy atom. The number of aromatic nitrogens is 2. The van der Waals surface area contributed by atoms with Crippen molar-refractivity contribution in [2.75, 3.05) is 0 Å². The van der Waals surface area contributed by atoms with Gasteiger partial charge in [0.25, 0.3) is 5.56 Å². The van der Waals surface area contributed by atoms with Gasteiger partial charge in [-0.2, -0.15) is 0 Å². The van der Waals surface area contributed by atoms with Crippen molar-refractivity contribution in [2.24, 2.45) is 0 Å². The summed E-state index contributed by atoms with van der Waals surface area (Å²) in [7, 11) is 0. The smallest absolute Gasteiger partial charge is 0.406 e. The Balaban J connectivity index is 2.03. The van der Waals surface area contributed by atoms with E-state index in [1.807, 2.05) is 0 Å². The van der Waals surface area contributed by atoms with E-state index in [9.17, 15) is 35.9 Å². The summed E-state index contributed by atoms with van der Waals surface area (Å²) in [6.45, 7) is 0. The fourth-order valence-corrected chi connectivity index (χ4v) is 2.85. The molecule has 0 bridgehead atoms. The van der Waals surface area contributed by atoms with Crippen molar-refractivity contribution in [3.05, 3.63) is 80.6 Å². The first-order valence-corrected chi connectivity index (χ1v) is 8.49. The van der Waals surface area contributed by atoms with Crippen LogP contribution in [0.5, 0.6) is 11.5 Å². The van der Waals surface area contributed by atoms with Gasteiger partial charge in [-0.3, -0.25) is 9.36 Å². The summed E-state index contributed by atoms with van der Waals surface area (Å²) in [6, 6.07) is 8.82. The first kappa shape index (κ1) is 22.3. The minimum Gasteiger partial charge on any atom is -0.406 e. The minimum atomic E-state index is -4.92. The van der Waals surface area contributed by atoms with Crippen LogP contribution in [0.25, 0.3) is 11.4 Å². The standard InChI is InChI=1S/C18H9ClF6N2O4/c19-14-9-15(28)27(11-3-7-13(8-4-11)31-18(23,24)25)16(29)26(14)10-1-5-12(6-2-10)30-17(20,21)22/h1-9H. The van der Waals surface area contributed by atoms with Crippen molar-refractivity contribution >= 4 is 11.6 Å². The zero-order chi connectivity index (χ0) is 23.0. The molecule has 0 unspecified atom stereocenters. The van der Waals surface area contributed by atoms with Crippen LogP contribution in [0.2, 0.25) is 5.15 Å². The van der Waals surface area contributed by atoms with Gasteiger partial charge in [0.2, 0.25) is 0 Å². The van der Waals surface area contributed by atoms with E-state index in [2.05, 4.69) is 9.47 Å². The Kier molecular flexibility index (Phi) is 5.77. The zero-order valence-electron chi connectivity index (χ0n) is 14.9. The molecule has 164 valence electrons. The second kappa shape index (κ2) is 8.02. The highest BCUT2D eigenvalue weighted by molar-refractivity contribution is 6.29. The Bertz CT molecular complexity index is 1200. The maximum Gasteiger partial charge on any atom is 0.573 e. The summed E-state index contributed by atoms with van der Waals surface area (Å²) >= 11 is 5.97. The third kappa shape index (κ3) is 5.40. The maximum absolute atomic E-state index is 12.9. The molecule has 0 spiro atoms. The molecular formula is C18H9ClF6N2O4. The summed E-state index contributed by atoms with van der Waals surface area (Å²) < 4.78 is 82.6. The highest BCUT2D eigenvalue weighted by Crippen LogP contribution is 2.25. The monoisotopic (exact) mass is 466 g/mol. The molecule has 0 N–H and O–H groups in total. The summed E-state index contributed by atoms with van der Waals surface area (Å²) in [4.78, 5) is 25.1. The van der Waals surface area contributed by atoms with Crippen LogP contribution >= 0.6 is 11.6 Å². The molecule has 3 rings (SSSR count). The van der Waals surface area contributed by atoms with E-state index in [0.717, 1.165) is 59.2 Å². The molecule has 0 fully saturated rings. The van der Waals surface area contributed by atoms with Crippen LogP contribution in [0.4, 0.5) is 26.3 Å². The maximum atomic E-state index is 12.9. The van der Waals surface area contributed by atoms with E-state index >= 15 is 0 Å². The first-order valence-electron chi connectivity index (χ1n) is 8.11. The molecule has 3 aromatic rings. The molecule has 0 saturated heterocycles. The van der Waals surface area contributed by atoms with Crippen LogP contribution in [0.1, 0.15) is 0 Å². The molecule has 0 amide bonds. The van der Waals surface area contributed by atoms with Crippen LogP contribution in [0.15, 0.2) is 64.2 Å². The van der Waals surface area contributed by atoms with E-state index in [4.69, 9.17) is 11.6 Å². The lowest BCUT2D eigenvalue weighted by molar-refractivity contribution is -0.275. The minimum absolute atomic E-state index is 0.00954. The number of ether oxygens (including phenoxy) is 2. The van der Waals surface area contributed by atoms with Gasteiger partial charge in [-0.25, -0.2) is 9.36 Å². The number of halogens is 7. The lowest BCUT2D eigenvalue weighted by Crippen LogP contribution is -2.37. The predicted octanol–water partition coefficient (Wildman–Crippen LogP) is 4.44. The van der Waals surface area contributed by atoms with Crippen LogP contribution in [-0.4, -0.2) is 21.9 Å². The molecule has 31 heavy (non-hydrogen) atoms. The van der Waals surface area contributed by atoms with Gasteiger partial charge in [-0.1, -0.05) is 11.6 Å². The number of benzene rings is 2. The zero-order valence-corrected chi connectivity index (χ0v) is 15.6. The number of alkyl halides is 6. The lowest BCUT2D eigenvalue weighted by atomic mass is 10.3. The molecule has 0 aliphatic rings. The molecule has 1 heterocycles. The summed E-state index contributed by atoms with van der Waals surface area (Å²) in [5.41, 5.74) is -1.97. The van der Waals surface area contributed by atoms with Gasteiger partial charge in [0.1, 0.15) is 16.7 Å². The topological polar surface area (TPSA) is 62.5 Å². The highest BCUT2D eigenvalue weighted by atomic mass is 35.5. The molecule has 2 aromatic carbocycles. The van der Waals surface area contributed by atoms with Gasteiger partial charge in [0.15, 0.2) is 0 Å². The summed E-state index contributed by atoms with van der Waals surface area (Å²) in [6.07, 6.45) is -9.83. The van der Waals surface area contributed by atoms with Gasteiger partial charge >= 0.3 is 18.4 Å². The third-order valence-electron chi connectivity index (χ3n) is 3.72. The van der Waals surface area contributed by atoms with E-state index in [0.29, 0.717) is 4.57 Å². The van der Waals surface area contributed by atoms with Gasteiger partial charge in [0.05, 0.1) is 11.4 Å². The average molecular weight is 467 g/mol. The Morgan fingerprint density at radius 1 is 0.677 bits per heavy atom. The van der Waals surface area contributed by atoms with E-state index in [1.54, 1.807) is 0 Å². The Labute approximate surface area is 173 Å². The second-order valence-corrected chi connectivity index (χ2v) is 6.23. The van der Waals surface area contributed by atoms with E-state index < -0.39 is 35.5 Å². The van der Waals surface area contributed by atoms with Gasteiger partial charge in [-0.05, 0) is 48.5 Å². The average Bonchev–Trinajstić information content (AvgIpc) is 2.61. The molecule has 0 saturated carbocycles. The van der Waals surface area contributed by atoms with Gasteiger partial charge < -0.3 is 9.47 Å². The molecule has 13 heteroatoms. The van der Waals surface area contributed by atoms with E-state index in [1.165, 1.54) is 0 Å². The lowest BCUT2D eigenvalue weighted by Gasteiger charge is -2.14. The number of rotatable bonds is 4. The van der Waals surface area contributed by atoms with Gasteiger partial charge in [-0.15, -0.1) is 26.3 Å². The number of hydrogen-bond donors (Lipinski definition) is 0. The molecule has 0 radical (unpaired) electrons. The van der Waals surface area contributed by atoms with Crippen molar-refractivity contribution in [1.29, 1.82) is 0 Å². The number of hydrogen-bond acceptors (Lipinski definition) is 4. The Hall–Kier alpha value is -3.41. The highest BCUT2D eigenvalue weighted by Gasteiger charge is 2.31. The van der Waals surface area contributed by atoms with Crippen molar-refractivity contribution in [1.82, 2.24) is 9.13 Å². The predicted molar refractivity (Wildman–Crippen MR) is 96.0 cm³/mol. The fourth-order valence-electron chi connectivity index (χ4n) is 2.58. The van der Waals surface area contributed by atoms with Crippen LogP contribution in [0, 0.1) is 0 Å². The summed E-state index contributed by atoms with van der Waals surface area (Å²) in [5, 5.41) is -0.340.